The van der Waals surface area contributed by atoms with E-state index in [9.17, 15) is 4.79 Å². The zero-order valence-corrected chi connectivity index (χ0v) is 18.3. The van der Waals surface area contributed by atoms with Gasteiger partial charge in [0.15, 0.2) is 11.5 Å². The molecule has 2 aliphatic heterocycles. The average molecular weight is 434 g/mol. The number of hydrogen-bond donors (Lipinski definition) is 0. The van der Waals surface area contributed by atoms with Crippen molar-refractivity contribution in [3.05, 3.63) is 48.0 Å². The van der Waals surface area contributed by atoms with Crippen LogP contribution in [0, 0.1) is 6.92 Å². The fourth-order valence-corrected chi connectivity index (χ4v) is 4.26. The molecule has 2 saturated heterocycles. The van der Waals surface area contributed by atoms with Crippen molar-refractivity contribution in [2.45, 2.75) is 26.2 Å². The number of anilines is 2. The first-order valence-corrected chi connectivity index (χ1v) is 11.2. The van der Waals surface area contributed by atoms with Gasteiger partial charge in [-0.2, -0.15) is 4.98 Å². The molecular formula is C23H27N7O2. The van der Waals surface area contributed by atoms with Gasteiger partial charge in [0.25, 0.3) is 5.91 Å². The molecule has 3 aromatic heterocycles. The number of carbonyl (C=O) groups is 1. The van der Waals surface area contributed by atoms with Crippen LogP contribution in [0.5, 0.6) is 0 Å². The summed E-state index contributed by atoms with van der Waals surface area (Å²) in [5, 5.41) is 3.99. The maximum atomic E-state index is 12.9. The molecule has 3 aromatic rings. The molecule has 0 N–H and O–H groups in total. The lowest BCUT2D eigenvalue weighted by Crippen LogP contribution is -2.49. The second kappa shape index (κ2) is 8.94. The second-order valence-corrected chi connectivity index (χ2v) is 8.31. The smallest absolute Gasteiger partial charge is 0.276 e. The highest BCUT2D eigenvalue weighted by Crippen LogP contribution is 2.23. The summed E-state index contributed by atoms with van der Waals surface area (Å²) in [6.45, 7) is 6.70. The molecule has 0 radical (unpaired) electrons. The molecule has 2 aliphatic rings. The van der Waals surface area contributed by atoms with Crippen molar-refractivity contribution >= 4 is 17.7 Å². The quantitative estimate of drug-likeness (QED) is 0.620. The van der Waals surface area contributed by atoms with Crippen molar-refractivity contribution in [2.75, 3.05) is 49.1 Å². The van der Waals surface area contributed by atoms with E-state index in [1.54, 1.807) is 18.5 Å². The van der Waals surface area contributed by atoms with Crippen LogP contribution in [-0.2, 0) is 0 Å². The predicted molar refractivity (Wildman–Crippen MR) is 121 cm³/mol. The molecule has 0 aromatic carbocycles. The lowest BCUT2D eigenvalue weighted by molar-refractivity contribution is 0.0736. The van der Waals surface area contributed by atoms with E-state index in [0.29, 0.717) is 24.5 Å². The maximum absolute atomic E-state index is 12.9. The molecule has 1 amide bonds. The zero-order valence-electron chi connectivity index (χ0n) is 18.3. The average Bonchev–Trinajstić information content (AvgIpc) is 3.35. The largest absolute Gasteiger partial charge is 0.355 e. The fraction of sp³-hybridized carbons (Fsp3) is 0.435. The summed E-state index contributed by atoms with van der Waals surface area (Å²) in [6.07, 6.45) is 7.05. The summed E-state index contributed by atoms with van der Waals surface area (Å²) in [6, 6.07) is 7.42. The zero-order chi connectivity index (χ0) is 21.9. The van der Waals surface area contributed by atoms with Crippen molar-refractivity contribution in [2.24, 2.45) is 0 Å². The number of piperidine rings is 1. The van der Waals surface area contributed by atoms with Gasteiger partial charge >= 0.3 is 0 Å². The third-order valence-corrected chi connectivity index (χ3v) is 6.03. The van der Waals surface area contributed by atoms with Gasteiger partial charge in [0.05, 0.1) is 0 Å². The highest BCUT2D eigenvalue weighted by molar-refractivity contribution is 5.93. The molecule has 5 heterocycles. The van der Waals surface area contributed by atoms with Crippen LogP contribution in [0.4, 0.5) is 11.8 Å². The van der Waals surface area contributed by atoms with E-state index in [4.69, 9.17) is 9.51 Å². The van der Waals surface area contributed by atoms with Crippen molar-refractivity contribution < 1.29 is 9.32 Å². The highest BCUT2D eigenvalue weighted by atomic mass is 16.5. The monoisotopic (exact) mass is 433 g/mol. The highest BCUT2D eigenvalue weighted by Gasteiger charge is 2.26. The topological polar surface area (TPSA) is 91.5 Å². The van der Waals surface area contributed by atoms with Gasteiger partial charge < -0.3 is 19.2 Å². The molecule has 0 atom stereocenters. The van der Waals surface area contributed by atoms with Crippen LogP contribution in [0.1, 0.15) is 35.4 Å². The van der Waals surface area contributed by atoms with Crippen molar-refractivity contribution in [3.8, 4) is 11.3 Å². The maximum Gasteiger partial charge on any atom is 0.276 e. The minimum absolute atomic E-state index is 0.114. The van der Waals surface area contributed by atoms with Gasteiger partial charge in [0, 0.05) is 75.1 Å². The predicted octanol–water partition coefficient (Wildman–Crippen LogP) is 2.79. The van der Waals surface area contributed by atoms with Gasteiger partial charge in [-0.3, -0.25) is 9.78 Å². The van der Waals surface area contributed by atoms with E-state index in [2.05, 4.69) is 24.9 Å². The molecule has 9 nitrogen and oxygen atoms in total. The number of aromatic nitrogens is 4. The third-order valence-electron chi connectivity index (χ3n) is 6.03. The Morgan fingerprint density at radius 1 is 0.969 bits per heavy atom. The molecule has 32 heavy (non-hydrogen) atoms. The number of piperazine rings is 1. The molecule has 166 valence electrons. The van der Waals surface area contributed by atoms with Gasteiger partial charge in [-0.1, -0.05) is 5.16 Å². The Balaban J connectivity index is 1.24. The number of aryl methyl sites for hydroxylation is 1. The molecule has 0 unspecified atom stereocenters. The molecule has 0 aliphatic carbocycles. The second-order valence-electron chi connectivity index (χ2n) is 8.31. The van der Waals surface area contributed by atoms with Gasteiger partial charge in [-0.25, -0.2) is 4.98 Å². The number of pyridine rings is 1. The van der Waals surface area contributed by atoms with Crippen molar-refractivity contribution in [1.82, 2.24) is 25.0 Å². The number of nitrogens with zero attached hydrogens (tertiary/aromatic N) is 7. The summed E-state index contributed by atoms with van der Waals surface area (Å²) >= 11 is 0. The number of carbonyl (C=O) groups excluding carboxylic acids is 1. The summed E-state index contributed by atoms with van der Waals surface area (Å²) in [4.78, 5) is 32.9. The molecule has 0 saturated carbocycles. The molecule has 0 spiro atoms. The van der Waals surface area contributed by atoms with E-state index < -0.39 is 0 Å². The summed E-state index contributed by atoms with van der Waals surface area (Å²) in [7, 11) is 0. The van der Waals surface area contributed by atoms with Crippen LogP contribution < -0.4 is 9.80 Å². The fourth-order valence-electron chi connectivity index (χ4n) is 4.26. The van der Waals surface area contributed by atoms with Gasteiger partial charge in [-0.05, 0) is 38.3 Å². The molecule has 2 fully saturated rings. The van der Waals surface area contributed by atoms with Crippen LogP contribution in [-0.4, -0.2) is 70.2 Å². The number of amides is 1. The Kier molecular flexibility index (Phi) is 5.70. The Labute approximate surface area is 187 Å². The lowest BCUT2D eigenvalue weighted by atomic mass is 10.1. The van der Waals surface area contributed by atoms with E-state index in [0.717, 1.165) is 49.2 Å². The first-order valence-electron chi connectivity index (χ1n) is 11.2. The van der Waals surface area contributed by atoms with E-state index in [-0.39, 0.29) is 5.91 Å². The lowest BCUT2D eigenvalue weighted by Gasteiger charge is -2.35. The number of rotatable bonds is 4. The van der Waals surface area contributed by atoms with E-state index in [1.165, 1.54) is 19.3 Å². The van der Waals surface area contributed by atoms with E-state index in [1.807, 2.05) is 30.0 Å². The van der Waals surface area contributed by atoms with Crippen LogP contribution >= 0.6 is 0 Å². The Bertz CT molecular complexity index is 1070. The third kappa shape index (κ3) is 4.28. The minimum atomic E-state index is -0.114. The van der Waals surface area contributed by atoms with Crippen molar-refractivity contribution in [3.63, 3.8) is 0 Å². The molecule has 5 rings (SSSR count). The Morgan fingerprint density at radius 2 is 1.78 bits per heavy atom. The summed E-state index contributed by atoms with van der Waals surface area (Å²) in [5.74, 6) is 2.19. The SMILES string of the molecule is Cc1cc(N2CCN(C(=O)c3cc(-c4cccnc4)on3)CC2)nc(N2CCCCC2)n1. The Morgan fingerprint density at radius 3 is 2.53 bits per heavy atom. The molecule has 0 bridgehead atoms. The van der Waals surface area contributed by atoms with E-state index >= 15 is 0 Å². The van der Waals surface area contributed by atoms with Crippen LogP contribution in [0.15, 0.2) is 41.2 Å². The first kappa shape index (κ1) is 20.4. The van der Waals surface area contributed by atoms with Gasteiger partial charge in [-0.15, -0.1) is 0 Å². The number of hydrogen-bond acceptors (Lipinski definition) is 8. The summed E-state index contributed by atoms with van der Waals surface area (Å²) in [5.41, 5.74) is 2.09. The first-order chi connectivity index (χ1) is 15.7. The minimum Gasteiger partial charge on any atom is -0.355 e. The van der Waals surface area contributed by atoms with Crippen LogP contribution in [0.2, 0.25) is 0 Å². The standard InChI is InChI=1S/C23H27N7O2/c1-17-14-21(26-23(25-17)30-8-3-2-4-9-30)28-10-12-29(13-11-28)22(31)19-15-20(32-27-19)18-6-5-7-24-16-18/h5-7,14-16H,2-4,8-13H2,1H3. The van der Waals surface area contributed by atoms with Gasteiger partial charge in [0.2, 0.25) is 5.95 Å². The van der Waals surface area contributed by atoms with Gasteiger partial charge in [0.1, 0.15) is 5.82 Å². The molecule has 9 heteroatoms. The molecular weight excluding hydrogens is 406 g/mol. The van der Waals surface area contributed by atoms with Crippen LogP contribution in [0.25, 0.3) is 11.3 Å². The Hall–Kier alpha value is -3.49. The summed E-state index contributed by atoms with van der Waals surface area (Å²) < 4.78 is 5.37. The normalized spacial score (nSPS) is 17.0. The van der Waals surface area contributed by atoms with Crippen LogP contribution in [0.3, 0.4) is 0 Å². The van der Waals surface area contributed by atoms with Crippen molar-refractivity contribution in [1.29, 1.82) is 0 Å².